The molecule has 2 nitrogen and oxygen atoms in total. The molecule has 0 saturated heterocycles. The van der Waals surface area contributed by atoms with Gasteiger partial charge in [0.1, 0.15) is 0 Å². The summed E-state index contributed by atoms with van der Waals surface area (Å²) in [4.78, 5) is 11.9. The van der Waals surface area contributed by atoms with Crippen molar-refractivity contribution in [3.05, 3.63) is 35.4 Å². The zero-order valence-electron chi connectivity index (χ0n) is 10.7. The van der Waals surface area contributed by atoms with Crippen molar-refractivity contribution < 1.29 is 4.79 Å². The highest BCUT2D eigenvalue weighted by Crippen LogP contribution is 2.07. The molecule has 17 heavy (non-hydrogen) atoms. The predicted molar refractivity (Wildman–Crippen MR) is 80.5 cm³/mol. The normalized spacial score (nSPS) is 12.5. The first-order chi connectivity index (χ1) is 8.02. The summed E-state index contributed by atoms with van der Waals surface area (Å²) < 4.78 is 0.953. The van der Waals surface area contributed by atoms with E-state index in [4.69, 9.17) is 0 Å². The fraction of sp³-hybridized carbons (Fsp3) is 0.500. The van der Waals surface area contributed by atoms with E-state index in [-0.39, 0.29) is 11.9 Å². The van der Waals surface area contributed by atoms with Crippen molar-refractivity contribution in [3.63, 3.8) is 0 Å². The van der Waals surface area contributed by atoms with Crippen molar-refractivity contribution in [3.8, 4) is 0 Å². The minimum atomic E-state index is 0.115. The van der Waals surface area contributed by atoms with Gasteiger partial charge in [0.05, 0.1) is 6.42 Å². The van der Waals surface area contributed by atoms with E-state index in [1.165, 1.54) is 5.56 Å². The predicted octanol–water partition coefficient (Wildman–Crippen LogP) is 3.11. The fourth-order valence-electron chi connectivity index (χ4n) is 1.53. The number of aryl methyl sites for hydroxylation is 1. The molecule has 1 aromatic rings. The molecule has 1 rings (SSSR count). The second-order valence-electron chi connectivity index (χ2n) is 4.73. The molecular formula is C14H20INO. The number of rotatable bonds is 5. The Bertz CT molecular complexity index is 359. The van der Waals surface area contributed by atoms with Crippen LogP contribution in [0.5, 0.6) is 0 Å². The molecule has 0 spiro atoms. The highest BCUT2D eigenvalue weighted by Gasteiger charge is 2.14. The fourth-order valence-corrected chi connectivity index (χ4v) is 2.77. The van der Waals surface area contributed by atoms with Gasteiger partial charge < -0.3 is 5.32 Å². The summed E-state index contributed by atoms with van der Waals surface area (Å²) in [6, 6.07) is 8.39. The van der Waals surface area contributed by atoms with Crippen LogP contribution in [-0.4, -0.2) is 16.4 Å². The number of hydrogen-bond donors (Lipinski definition) is 1. The summed E-state index contributed by atoms with van der Waals surface area (Å²) >= 11 is 2.32. The second-order valence-corrected chi connectivity index (χ2v) is 5.62. The lowest BCUT2D eigenvalue weighted by molar-refractivity contribution is -0.121. The molecule has 0 bridgehead atoms. The Morgan fingerprint density at radius 1 is 1.29 bits per heavy atom. The molecule has 94 valence electrons. The van der Waals surface area contributed by atoms with Gasteiger partial charge >= 0.3 is 0 Å². The van der Waals surface area contributed by atoms with Crippen LogP contribution >= 0.6 is 22.6 Å². The number of benzene rings is 1. The molecule has 0 fully saturated rings. The van der Waals surface area contributed by atoms with Gasteiger partial charge in [-0.2, -0.15) is 0 Å². The summed E-state index contributed by atoms with van der Waals surface area (Å²) in [6.07, 6.45) is 0.472. The van der Waals surface area contributed by atoms with E-state index in [1.807, 2.05) is 24.3 Å². The highest BCUT2D eigenvalue weighted by molar-refractivity contribution is 14.1. The number of hydrogen-bond acceptors (Lipinski definition) is 1. The van der Waals surface area contributed by atoms with E-state index in [0.717, 1.165) is 9.99 Å². The van der Waals surface area contributed by atoms with Gasteiger partial charge in [-0.15, -0.1) is 0 Å². The smallest absolute Gasteiger partial charge is 0.224 e. The van der Waals surface area contributed by atoms with Crippen LogP contribution in [-0.2, 0) is 11.2 Å². The van der Waals surface area contributed by atoms with Crippen LogP contribution < -0.4 is 5.32 Å². The molecule has 0 aromatic heterocycles. The summed E-state index contributed by atoms with van der Waals surface area (Å²) in [5.74, 6) is 0.595. The summed E-state index contributed by atoms with van der Waals surface area (Å²) in [7, 11) is 0. The molecule has 0 aliphatic carbocycles. The minimum absolute atomic E-state index is 0.115. The molecule has 0 aliphatic rings. The lowest BCUT2D eigenvalue weighted by atomic mass is 10.1. The zero-order valence-corrected chi connectivity index (χ0v) is 12.8. The van der Waals surface area contributed by atoms with Crippen LogP contribution in [0, 0.1) is 12.8 Å². The summed E-state index contributed by atoms with van der Waals surface area (Å²) in [6.45, 7) is 6.32. The number of amides is 1. The zero-order chi connectivity index (χ0) is 12.8. The van der Waals surface area contributed by atoms with Crippen molar-refractivity contribution in [1.29, 1.82) is 0 Å². The molecule has 0 radical (unpaired) electrons. The molecule has 0 heterocycles. The molecule has 1 amide bonds. The monoisotopic (exact) mass is 345 g/mol. The maximum absolute atomic E-state index is 11.9. The SMILES string of the molecule is Cc1ccc(CC(=O)NC(CI)C(C)C)cc1. The molecule has 1 atom stereocenters. The van der Waals surface area contributed by atoms with E-state index < -0.39 is 0 Å². The molecule has 0 aliphatic heterocycles. The number of carbonyl (C=O) groups excluding carboxylic acids is 1. The molecule has 1 N–H and O–H groups in total. The molecular weight excluding hydrogens is 325 g/mol. The van der Waals surface area contributed by atoms with Crippen LogP contribution in [0.3, 0.4) is 0 Å². The number of alkyl halides is 1. The third-order valence-corrected chi connectivity index (χ3v) is 3.75. The van der Waals surface area contributed by atoms with Crippen molar-refractivity contribution in [2.24, 2.45) is 5.92 Å². The number of nitrogens with one attached hydrogen (secondary N) is 1. The van der Waals surface area contributed by atoms with Crippen LogP contribution in [0.4, 0.5) is 0 Å². The number of carbonyl (C=O) groups is 1. The average Bonchev–Trinajstić information content (AvgIpc) is 2.28. The van der Waals surface area contributed by atoms with E-state index in [1.54, 1.807) is 0 Å². The van der Waals surface area contributed by atoms with Crippen molar-refractivity contribution in [2.45, 2.75) is 33.2 Å². The van der Waals surface area contributed by atoms with E-state index in [2.05, 4.69) is 48.7 Å². The summed E-state index contributed by atoms with van der Waals surface area (Å²) in [5.41, 5.74) is 2.30. The largest absolute Gasteiger partial charge is 0.352 e. The Morgan fingerprint density at radius 2 is 1.88 bits per heavy atom. The average molecular weight is 345 g/mol. The topological polar surface area (TPSA) is 29.1 Å². The Kier molecular flexibility index (Phi) is 5.95. The second kappa shape index (κ2) is 6.99. The van der Waals surface area contributed by atoms with E-state index >= 15 is 0 Å². The van der Waals surface area contributed by atoms with Gasteiger partial charge in [-0.3, -0.25) is 4.79 Å². The quantitative estimate of drug-likeness (QED) is 0.645. The third-order valence-electron chi connectivity index (χ3n) is 2.80. The highest BCUT2D eigenvalue weighted by atomic mass is 127. The maximum Gasteiger partial charge on any atom is 0.224 e. The number of halogens is 1. The lowest BCUT2D eigenvalue weighted by Gasteiger charge is -2.19. The minimum Gasteiger partial charge on any atom is -0.352 e. The first-order valence-electron chi connectivity index (χ1n) is 5.93. The maximum atomic E-state index is 11.9. The first-order valence-corrected chi connectivity index (χ1v) is 7.46. The van der Waals surface area contributed by atoms with Gasteiger partial charge in [0.15, 0.2) is 0 Å². The van der Waals surface area contributed by atoms with Crippen LogP contribution in [0.25, 0.3) is 0 Å². The molecule has 0 saturated carbocycles. The van der Waals surface area contributed by atoms with E-state index in [9.17, 15) is 4.79 Å². The van der Waals surface area contributed by atoms with Crippen LogP contribution in [0.1, 0.15) is 25.0 Å². The van der Waals surface area contributed by atoms with Gasteiger partial charge in [0, 0.05) is 10.5 Å². The Hall–Kier alpha value is -0.580. The van der Waals surface area contributed by atoms with Gasteiger partial charge in [-0.05, 0) is 18.4 Å². The Labute approximate surface area is 117 Å². The van der Waals surface area contributed by atoms with Crippen LogP contribution in [0.2, 0.25) is 0 Å². The molecule has 1 unspecified atom stereocenters. The summed E-state index contributed by atoms with van der Waals surface area (Å²) in [5, 5.41) is 3.08. The van der Waals surface area contributed by atoms with Crippen LogP contribution in [0.15, 0.2) is 24.3 Å². The van der Waals surface area contributed by atoms with Gasteiger partial charge in [0.2, 0.25) is 5.91 Å². The third kappa shape index (κ3) is 5.06. The van der Waals surface area contributed by atoms with Crippen molar-refractivity contribution >= 4 is 28.5 Å². The van der Waals surface area contributed by atoms with Gasteiger partial charge in [-0.1, -0.05) is 66.3 Å². The molecule has 3 heteroatoms. The van der Waals surface area contributed by atoms with Crippen molar-refractivity contribution in [1.82, 2.24) is 5.32 Å². The molecule has 1 aromatic carbocycles. The Balaban J connectivity index is 2.52. The van der Waals surface area contributed by atoms with E-state index in [0.29, 0.717) is 12.3 Å². The van der Waals surface area contributed by atoms with Gasteiger partial charge in [0.25, 0.3) is 0 Å². The van der Waals surface area contributed by atoms with Crippen molar-refractivity contribution in [2.75, 3.05) is 4.43 Å². The lowest BCUT2D eigenvalue weighted by Crippen LogP contribution is -2.40. The van der Waals surface area contributed by atoms with Gasteiger partial charge in [-0.25, -0.2) is 0 Å². The standard InChI is InChI=1S/C14H20INO/c1-10(2)13(9-15)16-14(17)8-12-6-4-11(3)5-7-12/h4-7,10,13H,8-9H2,1-3H3,(H,16,17). The first kappa shape index (κ1) is 14.5. The Morgan fingerprint density at radius 3 is 2.35 bits per heavy atom.